The summed E-state index contributed by atoms with van der Waals surface area (Å²) in [6.45, 7) is 3.34. The van der Waals surface area contributed by atoms with Gasteiger partial charge < -0.3 is 25.5 Å². The maximum absolute atomic E-state index is 14.4. The third-order valence-electron chi connectivity index (χ3n) is 7.44. The number of carbonyl (C=O) groups is 2. The third kappa shape index (κ3) is 5.03. The highest BCUT2D eigenvalue weighted by Gasteiger charge is 2.19. The number of nitrogens with zero attached hydrogens (tertiary/aromatic N) is 6. The lowest BCUT2D eigenvalue weighted by Gasteiger charge is -2.25. The number of H-pyrrole nitrogens is 1. The average Bonchev–Trinajstić information content (AvgIpc) is 3.60. The first-order chi connectivity index (χ1) is 20.3. The van der Waals surface area contributed by atoms with E-state index in [1.54, 1.807) is 18.2 Å². The van der Waals surface area contributed by atoms with Crippen molar-refractivity contribution in [3.63, 3.8) is 0 Å². The minimum atomic E-state index is -0.753. The van der Waals surface area contributed by atoms with Crippen LogP contribution >= 0.6 is 0 Å². The van der Waals surface area contributed by atoms with Gasteiger partial charge in [-0.25, -0.2) is 19.3 Å². The Labute approximate surface area is 239 Å². The highest BCUT2D eigenvalue weighted by molar-refractivity contribution is 5.95. The number of anilines is 1. The highest BCUT2D eigenvalue weighted by Crippen LogP contribution is 2.30. The van der Waals surface area contributed by atoms with E-state index in [9.17, 15) is 14.0 Å². The van der Waals surface area contributed by atoms with E-state index < -0.39 is 11.7 Å². The topological polar surface area (TPSA) is 159 Å². The van der Waals surface area contributed by atoms with Crippen LogP contribution in [0.3, 0.4) is 0 Å². The fourth-order valence-electron chi connectivity index (χ4n) is 5.24. The number of carbonyl (C=O) groups excluding carboxylic acids is 2. The molecule has 4 N–H and O–H groups in total. The van der Waals surface area contributed by atoms with E-state index in [1.807, 2.05) is 16.7 Å². The van der Waals surface area contributed by atoms with E-state index in [1.165, 1.54) is 18.5 Å². The van der Waals surface area contributed by atoms with Gasteiger partial charge in [-0.05, 0) is 59.5 Å². The molecule has 1 aliphatic rings. The van der Waals surface area contributed by atoms with Crippen molar-refractivity contribution in [3.05, 3.63) is 88.9 Å². The fraction of sp³-hybridized carbons (Fsp3) is 0.200. The minimum absolute atomic E-state index is 0.0490. The van der Waals surface area contributed by atoms with Crippen molar-refractivity contribution in [2.75, 3.05) is 18.8 Å². The van der Waals surface area contributed by atoms with Crippen LogP contribution in [0.15, 0.2) is 55.1 Å². The van der Waals surface area contributed by atoms with Crippen LogP contribution < -0.4 is 11.1 Å². The zero-order valence-corrected chi connectivity index (χ0v) is 22.7. The summed E-state index contributed by atoms with van der Waals surface area (Å²) >= 11 is 0. The molecule has 2 amide bonds. The SMILES string of the molecule is CC(=O)N1CC=C(c2cc(Cn3cnc4c(N)ncnc43)c3[nH]c(CNC(=O)c4ccc(C#N)cc4F)cc3c2)CC1. The Balaban J connectivity index is 1.34. The predicted octanol–water partition coefficient (Wildman–Crippen LogP) is 3.51. The van der Waals surface area contributed by atoms with Crippen molar-refractivity contribution in [1.29, 1.82) is 5.26 Å². The second kappa shape index (κ2) is 10.8. The molecule has 11 nitrogen and oxygen atoms in total. The van der Waals surface area contributed by atoms with Crippen molar-refractivity contribution in [2.24, 2.45) is 0 Å². The average molecular weight is 564 g/mol. The monoisotopic (exact) mass is 563 g/mol. The summed E-state index contributed by atoms with van der Waals surface area (Å²) in [5.74, 6) is -0.984. The molecule has 0 saturated carbocycles. The summed E-state index contributed by atoms with van der Waals surface area (Å²) in [5.41, 5.74) is 11.9. The molecule has 3 aromatic heterocycles. The number of nitriles is 1. The van der Waals surface area contributed by atoms with Gasteiger partial charge in [-0.3, -0.25) is 9.59 Å². The van der Waals surface area contributed by atoms with Gasteiger partial charge in [0.1, 0.15) is 17.7 Å². The van der Waals surface area contributed by atoms with Crippen LogP contribution in [0.5, 0.6) is 0 Å². The van der Waals surface area contributed by atoms with Crippen LogP contribution in [-0.2, 0) is 17.9 Å². The number of amides is 2. The van der Waals surface area contributed by atoms with Gasteiger partial charge in [0.15, 0.2) is 11.5 Å². The van der Waals surface area contributed by atoms with Gasteiger partial charge in [-0.2, -0.15) is 5.26 Å². The summed E-state index contributed by atoms with van der Waals surface area (Å²) in [7, 11) is 0. The molecule has 0 aliphatic carbocycles. The highest BCUT2D eigenvalue weighted by atomic mass is 19.1. The zero-order valence-electron chi connectivity index (χ0n) is 22.7. The predicted molar refractivity (Wildman–Crippen MR) is 154 cm³/mol. The number of nitrogens with one attached hydrogen (secondary N) is 2. The van der Waals surface area contributed by atoms with Crippen LogP contribution in [0, 0.1) is 17.1 Å². The lowest BCUT2D eigenvalue weighted by atomic mass is 9.96. The van der Waals surface area contributed by atoms with Crippen LogP contribution in [0.1, 0.15) is 46.1 Å². The molecular weight excluding hydrogens is 537 g/mol. The van der Waals surface area contributed by atoms with Crippen molar-refractivity contribution in [3.8, 4) is 6.07 Å². The van der Waals surface area contributed by atoms with Gasteiger partial charge in [0, 0.05) is 31.1 Å². The standard InChI is InChI=1S/C30H26FN9O2/c1-17(41)39-6-4-19(5-7-39)20-9-21-11-23(13-34-30(42)24-3-2-18(12-32)8-25(24)31)38-26(21)22(10-20)14-40-16-37-27-28(33)35-15-36-29(27)40/h2-4,8-11,15-16,38H,5-7,13-14H2,1H3,(H,34,42)(H2,33,35,36). The normalized spacial score (nSPS) is 13.3. The number of hydrogen-bond acceptors (Lipinski definition) is 7. The Kier molecular flexibility index (Phi) is 6.84. The summed E-state index contributed by atoms with van der Waals surface area (Å²) in [6.07, 6.45) is 5.89. The number of aromatic amines is 1. The molecule has 0 spiro atoms. The smallest absolute Gasteiger partial charge is 0.254 e. The van der Waals surface area contributed by atoms with Gasteiger partial charge >= 0.3 is 0 Å². The van der Waals surface area contributed by atoms with Crippen molar-refractivity contribution < 1.29 is 14.0 Å². The molecule has 0 saturated heterocycles. The van der Waals surface area contributed by atoms with Crippen LogP contribution in [0.2, 0.25) is 0 Å². The van der Waals surface area contributed by atoms with E-state index in [-0.39, 0.29) is 23.6 Å². The second-order valence-electron chi connectivity index (χ2n) is 10.1. The first-order valence-electron chi connectivity index (χ1n) is 13.3. The van der Waals surface area contributed by atoms with Gasteiger partial charge in [-0.15, -0.1) is 0 Å². The van der Waals surface area contributed by atoms with Gasteiger partial charge in [0.2, 0.25) is 5.91 Å². The Morgan fingerprint density at radius 1 is 1.19 bits per heavy atom. The molecule has 2 aromatic carbocycles. The number of nitrogen functional groups attached to an aromatic ring is 1. The van der Waals surface area contributed by atoms with E-state index in [2.05, 4.69) is 43.5 Å². The summed E-state index contributed by atoms with van der Waals surface area (Å²) in [4.78, 5) is 42.5. The maximum Gasteiger partial charge on any atom is 0.254 e. The quantitative estimate of drug-likeness (QED) is 0.285. The van der Waals surface area contributed by atoms with Crippen LogP contribution in [-0.4, -0.2) is 54.3 Å². The van der Waals surface area contributed by atoms with Crippen LogP contribution in [0.4, 0.5) is 10.2 Å². The molecule has 5 aromatic rings. The number of hydrogen-bond donors (Lipinski definition) is 3. The minimum Gasteiger partial charge on any atom is -0.382 e. The molecule has 210 valence electrons. The van der Waals surface area contributed by atoms with E-state index >= 15 is 0 Å². The number of rotatable bonds is 6. The summed E-state index contributed by atoms with van der Waals surface area (Å²) in [6, 6.07) is 11.8. The Hall–Kier alpha value is -5.57. The molecule has 0 bridgehead atoms. The Bertz CT molecular complexity index is 1950. The van der Waals surface area contributed by atoms with Gasteiger partial charge in [0.05, 0.1) is 42.1 Å². The molecule has 12 heteroatoms. The van der Waals surface area contributed by atoms with Crippen molar-refractivity contribution in [2.45, 2.75) is 26.4 Å². The molecule has 6 rings (SSSR count). The molecule has 0 radical (unpaired) electrons. The fourth-order valence-corrected chi connectivity index (χ4v) is 5.24. The third-order valence-corrected chi connectivity index (χ3v) is 7.44. The zero-order chi connectivity index (χ0) is 29.4. The Morgan fingerprint density at radius 3 is 2.79 bits per heavy atom. The number of aromatic nitrogens is 5. The maximum atomic E-state index is 14.4. The molecule has 1 aliphatic heterocycles. The van der Waals surface area contributed by atoms with E-state index in [4.69, 9.17) is 11.0 Å². The summed E-state index contributed by atoms with van der Waals surface area (Å²) in [5, 5.41) is 12.6. The first-order valence-corrected chi connectivity index (χ1v) is 13.3. The Morgan fingerprint density at radius 2 is 2.05 bits per heavy atom. The first kappa shape index (κ1) is 26.6. The number of nitrogens with two attached hydrogens (primary N) is 1. The van der Waals surface area contributed by atoms with Crippen LogP contribution in [0.25, 0.3) is 27.6 Å². The number of imidazole rings is 1. The number of benzene rings is 2. The molecular formula is C30H26FN9O2. The molecule has 42 heavy (non-hydrogen) atoms. The number of halogens is 1. The van der Waals surface area contributed by atoms with E-state index in [0.717, 1.165) is 45.8 Å². The molecule has 4 heterocycles. The number of fused-ring (bicyclic) bond motifs is 2. The summed E-state index contributed by atoms with van der Waals surface area (Å²) < 4.78 is 16.3. The molecule has 0 atom stereocenters. The second-order valence-corrected chi connectivity index (χ2v) is 10.1. The van der Waals surface area contributed by atoms with Gasteiger partial charge in [-0.1, -0.05) is 6.08 Å². The largest absolute Gasteiger partial charge is 0.382 e. The van der Waals surface area contributed by atoms with E-state index in [0.29, 0.717) is 36.6 Å². The molecule has 0 fully saturated rings. The van der Waals surface area contributed by atoms with Crippen molar-refractivity contribution in [1.82, 2.24) is 34.7 Å². The van der Waals surface area contributed by atoms with Crippen molar-refractivity contribution >= 4 is 45.3 Å². The molecule has 0 unspecified atom stereocenters. The lowest BCUT2D eigenvalue weighted by Crippen LogP contribution is -2.32. The van der Waals surface area contributed by atoms with Gasteiger partial charge in [0.25, 0.3) is 5.91 Å². The lowest BCUT2D eigenvalue weighted by molar-refractivity contribution is -0.128.